The third-order valence-corrected chi connectivity index (χ3v) is 3.54. The Morgan fingerprint density at radius 1 is 1.25 bits per heavy atom. The molecule has 1 amide bonds. The zero-order valence-electron chi connectivity index (χ0n) is 10.5. The molecule has 1 saturated carbocycles. The van der Waals surface area contributed by atoms with Gasteiger partial charge in [0.1, 0.15) is 0 Å². The van der Waals surface area contributed by atoms with E-state index >= 15 is 0 Å². The average molecular weight is 227 g/mol. The van der Waals surface area contributed by atoms with E-state index in [1.807, 2.05) is 6.92 Å². The number of likely N-dealkylation sites (N-methyl/N-ethyl adjacent to an activating group) is 1. The minimum atomic E-state index is 0.0737. The van der Waals surface area contributed by atoms with Gasteiger partial charge in [-0.15, -0.1) is 0 Å². The quantitative estimate of drug-likeness (QED) is 0.731. The van der Waals surface area contributed by atoms with Crippen molar-refractivity contribution in [2.45, 2.75) is 51.9 Å². The Bertz CT molecular complexity index is 198. The van der Waals surface area contributed by atoms with Crippen molar-refractivity contribution >= 4 is 5.91 Å². The van der Waals surface area contributed by atoms with Gasteiger partial charge in [0, 0.05) is 19.5 Å². The van der Waals surface area contributed by atoms with Crippen LogP contribution in [0.3, 0.4) is 0 Å². The molecule has 16 heavy (non-hydrogen) atoms. The summed E-state index contributed by atoms with van der Waals surface area (Å²) in [5.74, 6) is 0.811. The van der Waals surface area contributed by atoms with Crippen LogP contribution in [0.1, 0.15) is 51.9 Å². The molecule has 1 fully saturated rings. The van der Waals surface area contributed by atoms with Crippen LogP contribution in [0.15, 0.2) is 0 Å². The van der Waals surface area contributed by atoms with Gasteiger partial charge in [-0.05, 0) is 25.7 Å². The molecule has 1 aliphatic carbocycles. The second-order valence-corrected chi connectivity index (χ2v) is 4.76. The minimum absolute atomic E-state index is 0.0737. The van der Waals surface area contributed by atoms with Gasteiger partial charge in [-0.3, -0.25) is 4.79 Å². The number of aliphatic hydroxyl groups excluding tert-OH is 1. The van der Waals surface area contributed by atoms with Crippen LogP contribution in [0.5, 0.6) is 0 Å². The molecule has 1 rings (SSSR count). The van der Waals surface area contributed by atoms with Crippen molar-refractivity contribution < 1.29 is 9.90 Å². The topological polar surface area (TPSA) is 40.5 Å². The Kier molecular flexibility index (Phi) is 6.46. The third-order valence-electron chi connectivity index (χ3n) is 3.54. The maximum atomic E-state index is 12.0. The summed E-state index contributed by atoms with van der Waals surface area (Å²) in [7, 11) is 0. The number of hydrogen-bond acceptors (Lipinski definition) is 2. The van der Waals surface area contributed by atoms with Crippen molar-refractivity contribution in [2.75, 3.05) is 19.7 Å². The first-order chi connectivity index (χ1) is 7.77. The number of aliphatic hydroxyl groups is 1. The monoisotopic (exact) mass is 227 g/mol. The van der Waals surface area contributed by atoms with Gasteiger partial charge in [0.25, 0.3) is 0 Å². The van der Waals surface area contributed by atoms with Gasteiger partial charge < -0.3 is 10.0 Å². The lowest BCUT2D eigenvalue weighted by atomic mass is 9.96. The summed E-state index contributed by atoms with van der Waals surface area (Å²) in [6.07, 6.45) is 8.34. The number of hydrogen-bond donors (Lipinski definition) is 1. The van der Waals surface area contributed by atoms with E-state index in [-0.39, 0.29) is 12.5 Å². The van der Waals surface area contributed by atoms with Gasteiger partial charge in [-0.25, -0.2) is 0 Å². The Morgan fingerprint density at radius 3 is 2.38 bits per heavy atom. The van der Waals surface area contributed by atoms with E-state index in [2.05, 4.69) is 0 Å². The highest BCUT2D eigenvalue weighted by Gasteiger charge is 2.19. The first-order valence-electron chi connectivity index (χ1n) is 6.66. The Hall–Kier alpha value is -0.570. The molecule has 0 saturated heterocycles. The molecule has 0 radical (unpaired) electrons. The molecule has 94 valence electrons. The Balaban J connectivity index is 2.35. The van der Waals surface area contributed by atoms with E-state index < -0.39 is 0 Å². The molecule has 0 bridgehead atoms. The lowest BCUT2D eigenvalue weighted by molar-refractivity contribution is -0.132. The van der Waals surface area contributed by atoms with Crippen LogP contribution >= 0.6 is 0 Å². The van der Waals surface area contributed by atoms with Crippen LogP contribution in [-0.2, 0) is 4.79 Å². The first-order valence-corrected chi connectivity index (χ1v) is 6.66. The molecule has 3 heteroatoms. The average Bonchev–Trinajstić information content (AvgIpc) is 2.54. The molecule has 0 aromatic rings. The van der Waals surface area contributed by atoms with Crippen LogP contribution in [0.4, 0.5) is 0 Å². The molecular formula is C13H25NO2. The van der Waals surface area contributed by atoms with Crippen molar-refractivity contribution in [3.63, 3.8) is 0 Å². The number of rotatable bonds is 5. The standard InChI is InChI=1S/C13H25NO2/c1-2-14(9-10-15)13(16)11-12-7-5-3-4-6-8-12/h12,15H,2-11H2,1H3. The summed E-state index contributed by atoms with van der Waals surface area (Å²) in [6.45, 7) is 3.25. The predicted octanol–water partition coefficient (Wildman–Crippen LogP) is 2.19. The molecular weight excluding hydrogens is 202 g/mol. The number of amides is 1. The second kappa shape index (κ2) is 7.66. The Morgan fingerprint density at radius 2 is 1.88 bits per heavy atom. The van der Waals surface area contributed by atoms with E-state index in [0.717, 1.165) is 0 Å². The van der Waals surface area contributed by atoms with E-state index in [1.54, 1.807) is 4.90 Å². The molecule has 0 heterocycles. The van der Waals surface area contributed by atoms with Crippen LogP contribution in [-0.4, -0.2) is 35.6 Å². The first kappa shape index (κ1) is 13.5. The SMILES string of the molecule is CCN(CCO)C(=O)CC1CCCCCC1. The van der Waals surface area contributed by atoms with E-state index in [9.17, 15) is 4.79 Å². The lowest BCUT2D eigenvalue weighted by Crippen LogP contribution is -2.34. The van der Waals surface area contributed by atoms with Crippen LogP contribution in [0, 0.1) is 5.92 Å². The molecule has 1 aliphatic rings. The van der Waals surface area contributed by atoms with Crippen LogP contribution < -0.4 is 0 Å². The summed E-state index contributed by atoms with van der Waals surface area (Å²) in [5.41, 5.74) is 0. The van der Waals surface area contributed by atoms with Gasteiger partial charge in [0.2, 0.25) is 5.91 Å². The van der Waals surface area contributed by atoms with Crippen LogP contribution in [0.2, 0.25) is 0 Å². The molecule has 1 N–H and O–H groups in total. The highest BCUT2D eigenvalue weighted by molar-refractivity contribution is 5.76. The largest absolute Gasteiger partial charge is 0.395 e. The molecule has 0 aliphatic heterocycles. The molecule has 3 nitrogen and oxygen atoms in total. The summed E-state index contributed by atoms with van der Waals surface area (Å²) < 4.78 is 0. The normalized spacial score (nSPS) is 18.1. The fourth-order valence-electron chi connectivity index (χ4n) is 2.52. The molecule has 0 atom stereocenters. The summed E-state index contributed by atoms with van der Waals surface area (Å²) in [4.78, 5) is 13.7. The van der Waals surface area contributed by atoms with E-state index in [0.29, 0.717) is 25.4 Å². The van der Waals surface area contributed by atoms with Crippen LogP contribution in [0.25, 0.3) is 0 Å². The van der Waals surface area contributed by atoms with Gasteiger partial charge in [0.05, 0.1) is 6.61 Å². The van der Waals surface area contributed by atoms with Gasteiger partial charge >= 0.3 is 0 Å². The summed E-state index contributed by atoms with van der Waals surface area (Å²) in [6, 6.07) is 0. The van der Waals surface area contributed by atoms with Crippen molar-refractivity contribution in [3.8, 4) is 0 Å². The fraction of sp³-hybridized carbons (Fsp3) is 0.923. The molecule has 0 unspecified atom stereocenters. The maximum absolute atomic E-state index is 12.0. The zero-order chi connectivity index (χ0) is 11.8. The zero-order valence-corrected chi connectivity index (χ0v) is 10.5. The highest BCUT2D eigenvalue weighted by atomic mass is 16.3. The lowest BCUT2D eigenvalue weighted by Gasteiger charge is -2.22. The molecule has 0 aromatic heterocycles. The molecule has 0 aromatic carbocycles. The van der Waals surface area contributed by atoms with Crippen molar-refractivity contribution in [3.05, 3.63) is 0 Å². The second-order valence-electron chi connectivity index (χ2n) is 4.76. The number of carbonyl (C=O) groups excluding carboxylic acids is 1. The fourth-order valence-corrected chi connectivity index (χ4v) is 2.52. The predicted molar refractivity (Wildman–Crippen MR) is 65.1 cm³/mol. The van der Waals surface area contributed by atoms with E-state index in [1.165, 1.54) is 38.5 Å². The van der Waals surface area contributed by atoms with Crippen molar-refractivity contribution in [1.82, 2.24) is 4.90 Å². The maximum Gasteiger partial charge on any atom is 0.222 e. The van der Waals surface area contributed by atoms with Gasteiger partial charge in [-0.1, -0.05) is 25.7 Å². The third kappa shape index (κ3) is 4.52. The number of nitrogens with zero attached hydrogens (tertiary/aromatic N) is 1. The van der Waals surface area contributed by atoms with Gasteiger partial charge in [-0.2, -0.15) is 0 Å². The smallest absolute Gasteiger partial charge is 0.222 e. The molecule has 0 spiro atoms. The summed E-state index contributed by atoms with van der Waals surface area (Å²) in [5, 5.41) is 8.87. The summed E-state index contributed by atoms with van der Waals surface area (Å²) >= 11 is 0. The van der Waals surface area contributed by atoms with E-state index in [4.69, 9.17) is 5.11 Å². The minimum Gasteiger partial charge on any atom is -0.395 e. The number of carbonyl (C=O) groups is 1. The van der Waals surface area contributed by atoms with Crippen molar-refractivity contribution in [1.29, 1.82) is 0 Å². The van der Waals surface area contributed by atoms with Crippen molar-refractivity contribution in [2.24, 2.45) is 5.92 Å². The van der Waals surface area contributed by atoms with Gasteiger partial charge in [0.15, 0.2) is 0 Å². The Labute approximate surface area is 98.8 Å². The highest BCUT2D eigenvalue weighted by Crippen LogP contribution is 2.25.